The molecule has 0 N–H and O–H groups in total. The van der Waals surface area contributed by atoms with E-state index in [0.717, 1.165) is 38.5 Å². The average Bonchev–Trinajstić information content (AvgIpc) is 2.43. The van der Waals surface area contributed by atoms with Gasteiger partial charge in [-0.25, -0.2) is 0 Å². The topological polar surface area (TPSA) is 26.3 Å². The first-order valence-corrected chi connectivity index (χ1v) is 6.90. The number of hydrogen-bond donors (Lipinski definition) is 0. The summed E-state index contributed by atoms with van der Waals surface area (Å²) in [5.74, 6) is 12.0. The first kappa shape index (κ1) is 17.3. The summed E-state index contributed by atoms with van der Waals surface area (Å²) in [7, 11) is 1.43. The quantitative estimate of drug-likeness (QED) is 0.287. The van der Waals surface area contributed by atoms with Crippen molar-refractivity contribution < 1.29 is 9.53 Å². The normalized spacial score (nSPS) is 8.68. The third kappa shape index (κ3) is 14.3. The van der Waals surface area contributed by atoms with Crippen LogP contribution in [0, 0.1) is 23.7 Å². The van der Waals surface area contributed by atoms with E-state index in [1.807, 2.05) is 0 Å². The maximum atomic E-state index is 10.9. The zero-order valence-electron chi connectivity index (χ0n) is 12.0. The lowest BCUT2D eigenvalue weighted by molar-refractivity contribution is -0.140. The molecule has 0 bridgehead atoms. The fourth-order valence-corrected chi connectivity index (χ4v) is 1.52. The number of carbonyl (C=O) groups excluding carboxylic acids is 1. The monoisotopic (exact) mass is 260 g/mol. The van der Waals surface area contributed by atoms with Crippen molar-refractivity contribution in [2.24, 2.45) is 0 Å². The van der Waals surface area contributed by atoms with Gasteiger partial charge >= 0.3 is 5.97 Å². The van der Waals surface area contributed by atoms with Gasteiger partial charge in [-0.15, -0.1) is 12.5 Å². The highest BCUT2D eigenvalue weighted by molar-refractivity contribution is 5.68. The summed E-state index contributed by atoms with van der Waals surface area (Å²) in [6, 6.07) is 0. The molecular weight excluding hydrogens is 236 g/mol. The molecule has 0 aliphatic carbocycles. The second-order valence-electron chi connectivity index (χ2n) is 4.22. The zero-order chi connectivity index (χ0) is 14.2. The Labute approximate surface area is 117 Å². The SMILES string of the molecule is C=CCC#CCC#CCCCCCCCC(=O)OC. The van der Waals surface area contributed by atoms with Gasteiger partial charge in [-0.1, -0.05) is 43.1 Å². The second kappa shape index (κ2) is 14.4. The Hall–Kier alpha value is -1.67. The molecule has 0 heterocycles. The van der Waals surface area contributed by atoms with Crippen LogP contribution < -0.4 is 0 Å². The van der Waals surface area contributed by atoms with E-state index in [2.05, 4.69) is 35.0 Å². The number of methoxy groups -OCH3 is 1. The van der Waals surface area contributed by atoms with Crippen LogP contribution in [0.15, 0.2) is 12.7 Å². The van der Waals surface area contributed by atoms with E-state index in [1.165, 1.54) is 13.5 Å². The molecule has 0 aromatic rings. The molecule has 0 rings (SSSR count). The number of allylic oxidation sites excluding steroid dienone is 1. The molecule has 0 fully saturated rings. The molecule has 2 heteroatoms. The van der Waals surface area contributed by atoms with Gasteiger partial charge in [-0.2, -0.15) is 0 Å². The maximum absolute atomic E-state index is 10.9. The standard InChI is InChI=1S/C17H24O2/c1-3-4-5-6-7-8-9-10-11-12-13-14-15-16-17(18)19-2/h3H,1,4,7,10-16H2,2H3. The van der Waals surface area contributed by atoms with Crippen LogP contribution in [0.5, 0.6) is 0 Å². The summed E-state index contributed by atoms with van der Waals surface area (Å²) >= 11 is 0. The molecule has 104 valence electrons. The molecule has 0 saturated carbocycles. The molecular formula is C17H24O2. The summed E-state index contributed by atoms with van der Waals surface area (Å²) in [4.78, 5) is 10.9. The summed E-state index contributed by atoms with van der Waals surface area (Å²) in [6.45, 7) is 3.60. The van der Waals surface area contributed by atoms with Crippen LogP contribution in [0.1, 0.15) is 57.8 Å². The molecule has 2 nitrogen and oxygen atoms in total. The Morgan fingerprint density at radius 2 is 1.74 bits per heavy atom. The Balaban J connectivity index is 3.27. The van der Waals surface area contributed by atoms with Crippen molar-refractivity contribution >= 4 is 5.97 Å². The van der Waals surface area contributed by atoms with Crippen LogP contribution in [0.3, 0.4) is 0 Å². The lowest BCUT2D eigenvalue weighted by atomic mass is 10.1. The average molecular weight is 260 g/mol. The van der Waals surface area contributed by atoms with Gasteiger partial charge in [0.1, 0.15) is 0 Å². The smallest absolute Gasteiger partial charge is 0.305 e. The Bertz CT molecular complexity index is 360. The minimum atomic E-state index is -0.108. The van der Waals surface area contributed by atoms with Gasteiger partial charge < -0.3 is 4.74 Å². The second-order valence-corrected chi connectivity index (χ2v) is 4.22. The van der Waals surface area contributed by atoms with Gasteiger partial charge in [0.05, 0.1) is 13.5 Å². The predicted molar refractivity (Wildman–Crippen MR) is 79.3 cm³/mol. The number of rotatable bonds is 8. The molecule has 0 aliphatic heterocycles. The molecule has 0 spiro atoms. The number of carbonyl (C=O) groups is 1. The molecule has 0 aromatic carbocycles. The van der Waals surface area contributed by atoms with E-state index in [9.17, 15) is 4.79 Å². The summed E-state index contributed by atoms with van der Waals surface area (Å²) in [5, 5.41) is 0. The van der Waals surface area contributed by atoms with Crippen LogP contribution in [0.25, 0.3) is 0 Å². The molecule has 0 radical (unpaired) electrons. The minimum Gasteiger partial charge on any atom is -0.469 e. The van der Waals surface area contributed by atoms with Gasteiger partial charge in [-0.3, -0.25) is 4.79 Å². The van der Waals surface area contributed by atoms with Crippen molar-refractivity contribution in [3.8, 4) is 23.7 Å². The highest BCUT2D eigenvalue weighted by Crippen LogP contribution is 2.07. The van der Waals surface area contributed by atoms with Crippen molar-refractivity contribution in [2.45, 2.75) is 57.8 Å². The molecule has 0 atom stereocenters. The van der Waals surface area contributed by atoms with E-state index in [0.29, 0.717) is 12.8 Å². The molecule has 0 aromatic heterocycles. The van der Waals surface area contributed by atoms with E-state index in [4.69, 9.17) is 0 Å². The molecule has 19 heavy (non-hydrogen) atoms. The fourth-order valence-electron chi connectivity index (χ4n) is 1.52. The third-order valence-corrected chi connectivity index (χ3v) is 2.58. The minimum absolute atomic E-state index is 0.108. The lowest BCUT2D eigenvalue weighted by Gasteiger charge is -1.99. The largest absolute Gasteiger partial charge is 0.469 e. The third-order valence-electron chi connectivity index (χ3n) is 2.58. The Morgan fingerprint density at radius 1 is 1.05 bits per heavy atom. The van der Waals surface area contributed by atoms with Crippen molar-refractivity contribution in [2.75, 3.05) is 7.11 Å². The van der Waals surface area contributed by atoms with Gasteiger partial charge in [0.15, 0.2) is 0 Å². The van der Waals surface area contributed by atoms with E-state index < -0.39 is 0 Å². The number of ether oxygens (including phenoxy) is 1. The molecule has 0 unspecified atom stereocenters. The molecule has 0 saturated heterocycles. The Kier molecular flexibility index (Phi) is 13.1. The van der Waals surface area contributed by atoms with Crippen LogP contribution in [0.4, 0.5) is 0 Å². The summed E-state index contributed by atoms with van der Waals surface area (Å²) < 4.78 is 4.58. The van der Waals surface area contributed by atoms with Gasteiger partial charge in [-0.05, 0) is 12.8 Å². The van der Waals surface area contributed by atoms with Gasteiger partial charge in [0.25, 0.3) is 0 Å². The van der Waals surface area contributed by atoms with E-state index >= 15 is 0 Å². The fraction of sp³-hybridized carbons (Fsp3) is 0.588. The Morgan fingerprint density at radius 3 is 2.47 bits per heavy atom. The first-order valence-electron chi connectivity index (χ1n) is 6.90. The summed E-state index contributed by atoms with van der Waals surface area (Å²) in [6.07, 6.45) is 10.2. The lowest BCUT2D eigenvalue weighted by Crippen LogP contribution is -1.99. The zero-order valence-corrected chi connectivity index (χ0v) is 12.0. The highest BCUT2D eigenvalue weighted by Gasteiger charge is 1.98. The van der Waals surface area contributed by atoms with E-state index in [1.54, 1.807) is 6.08 Å². The van der Waals surface area contributed by atoms with E-state index in [-0.39, 0.29) is 5.97 Å². The molecule has 0 aliphatic rings. The van der Waals surface area contributed by atoms with Crippen molar-refractivity contribution in [3.63, 3.8) is 0 Å². The predicted octanol–water partition coefficient (Wildman–Crippen LogP) is 3.86. The van der Waals surface area contributed by atoms with Gasteiger partial charge in [0, 0.05) is 19.3 Å². The number of esters is 1. The molecule has 0 amide bonds. The maximum Gasteiger partial charge on any atom is 0.305 e. The highest BCUT2D eigenvalue weighted by atomic mass is 16.5. The first-order chi connectivity index (χ1) is 9.31. The van der Waals surface area contributed by atoms with Gasteiger partial charge in [0.2, 0.25) is 0 Å². The van der Waals surface area contributed by atoms with Crippen LogP contribution in [0.2, 0.25) is 0 Å². The van der Waals surface area contributed by atoms with Crippen molar-refractivity contribution in [1.29, 1.82) is 0 Å². The summed E-state index contributed by atoms with van der Waals surface area (Å²) in [5.41, 5.74) is 0. The van der Waals surface area contributed by atoms with Crippen LogP contribution in [-0.4, -0.2) is 13.1 Å². The van der Waals surface area contributed by atoms with Crippen molar-refractivity contribution in [1.82, 2.24) is 0 Å². The number of hydrogen-bond acceptors (Lipinski definition) is 2. The van der Waals surface area contributed by atoms with Crippen LogP contribution >= 0.6 is 0 Å². The van der Waals surface area contributed by atoms with Crippen LogP contribution in [-0.2, 0) is 9.53 Å². The van der Waals surface area contributed by atoms with Crippen molar-refractivity contribution in [3.05, 3.63) is 12.7 Å². The number of unbranched alkanes of at least 4 members (excludes halogenated alkanes) is 5.